The Morgan fingerprint density at radius 1 is 1.00 bits per heavy atom. The average molecular weight is 421 g/mol. The standard InChI is InChI=1S/C27H46O.H2S/c1-18(2)7-6-8-19(3)23-11-12-24-22-10-9-20-17-21(28)13-15-26(20,4)25(22)14-16-27(23,24)5;/h9,18-19,21-25,28H,6-8,10-17H2,1-5H3;1H2/t19?,21-,22-,23+,24-,25-,26-,27+;/m0./s1. The van der Waals surface area contributed by atoms with Gasteiger partial charge in [-0.3, -0.25) is 0 Å². The van der Waals surface area contributed by atoms with Gasteiger partial charge in [0.05, 0.1) is 6.10 Å². The molecule has 4 aliphatic rings. The third-order valence-corrected chi connectivity index (χ3v) is 10.3. The number of hydrogen-bond acceptors (Lipinski definition) is 1. The molecular formula is C27H48OS. The lowest BCUT2D eigenvalue weighted by molar-refractivity contribution is -0.0573. The predicted octanol–water partition coefficient (Wildman–Crippen LogP) is 7.50. The fourth-order valence-corrected chi connectivity index (χ4v) is 8.67. The average Bonchev–Trinajstić information content (AvgIpc) is 2.99. The molecule has 0 bridgehead atoms. The van der Waals surface area contributed by atoms with Crippen molar-refractivity contribution in [2.24, 2.45) is 46.3 Å². The normalized spacial score (nSPS) is 44.9. The first-order chi connectivity index (χ1) is 13.3. The quantitative estimate of drug-likeness (QED) is 0.456. The summed E-state index contributed by atoms with van der Waals surface area (Å²) in [4.78, 5) is 0. The summed E-state index contributed by atoms with van der Waals surface area (Å²) >= 11 is 0. The number of fused-ring (bicyclic) bond motifs is 5. The molecule has 4 rings (SSSR count). The lowest BCUT2D eigenvalue weighted by Crippen LogP contribution is -2.50. The van der Waals surface area contributed by atoms with Crippen molar-refractivity contribution in [2.45, 2.75) is 111 Å². The van der Waals surface area contributed by atoms with E-state index in [4.69, 9.17) is 0 Å². The third-order valence-electron chi connectivity index (χ3n) is 10.3. The van der Waals surface area contributed by atoms with Crippen molar-refractivity contribution in [1.29, 1.82) is 0 Å². The fourth-order valence-electron chi connectivity index (χ4n) is 8.67. The largest absolute Gasteiger partial charge is 0.393 e. The molecule has 0 aliphatic heterocycles. The van der Waals surface area contributed by atoms with Gasteiger partial charge in [0.2, 0.25) is 0 Å². The van der Waals surface area contributed by atoms with Crippen LogP contribution in [-0.4, -0.2) is 11.2 Å². The minimum atomic E-state index is -0.0766. The summed E-state index contributed by atoms with van der Waals surface area (Å²) in [6.07, 6.45) is 17.2. The molecule has 0 aromatic rings. The molecule has 3 fully saturated rings. The number of aliphatic hydroxyl groups is 1. The molecule has 0 amide bonds. The van der Waals surface area contributed by atoms with Gasteiger partial charge >= 0.3 is 0 Å². The van der Waals surface area contributed by atoms with Crippen LogP contribution in [0.4, 0.5) is 0 Å². The second kappa shape index (κ2) is 8.89. The van der Waals surface area contributed by atoms with Gasteiger partial charge in [0, 0.05) is 0 Å². The van der Waals surface area contributed by atoms with Crippen molar-refractivity contribution < 1.29 is 5.11 Å². The van der Waals surface area contributed by atoms with E-state index in [1.54, 1.807) is 5.57 Å². The van der Waals surface area contributed by atoms with E-state index in [0.29, 0.717) is 10.8 Å². The Hall–Kier alpha value is 0.0500. The van der Waals surface area contributed by atoms with E-state index in [9.17, 15) is 5.11 Å². The van der Waals surface area contributed by atoms with Gasteiger partial charge in [-0.2, -0.15) is 13.5 Å². The zero-order valence-corrected chi connectivity index (χ0v) is 20.8. The van der Waals surface area contributed by atoms with Crippen molar-refractivity contribution >= 4 is 13.5 Å². The lowest BCUT2D eigenvalue weighted by atomic mass is 9.47. The van der Waals surface area contributed by atoms with Crippen LogP contribution in [0.3, 0.4) is 0 Å². The minimum Gasteiger partial charge on any atom is -0.393 e. The summed E-state index contributed by atoms with van der Waals surface area (Å²) < 4.78 is 0. The zero-order chi connectivity index (χ0) is 20.1. The van der Waals surface area contributed by atoms with Crippen molar-refractivity contribution in [3.63, 3.8) is 0 Å². The zero-order valence-electron chi connectivity index (χ0n) is 19.8. The van der Waals surface area contributed by atoms with Gasteiger partial charge in [0.15, 0.2) is 0 Å². The first-order valence-electron chi connectivity index (χ1n) is 12.6. The van der Waals surface area contributed by atoms with E-state index in [1.807, 2.05) is 0 Å². The highest BCUT2D eigenvalue weighted by atomic mass is 32.1. The number of allylic oxidation sites excluding steroid dienone is 1. The first-order valence-corrected chi connectivity index (χ1v) is 12.6. The predicted molar refractivity (Wildman–Crippen MR) is 129 cm³/mol. The van der Waals surface area contributed by atoms with E-state index in [2.05, 4.69) is 40.7 Å². The summed E-state index contributed by atoms with van der Waals surface area (Å²) in [6, 6.07) is 0. The maximum atomic E-state index is 10.2. The van der Waals surface area contributed by atoms with Crippen molar-refractivity contribution in [1.82, 2.24) is 0 Å². The fraction of sp³-hybridized carbons (Fsp3) is 0.926. The van der Waals surface area contributed by atoms with Gasteiger partial charge in [-0.1, -0.05) is 65.5 Å². The molecule has 1 unspecified atom stereocenters. The Bertz CT molecular complexity index is 597. The molecular weight excluding hydrogens is 372 g/mol. The highest BCUT2D eigenvalue weighted by molar-refractivity contribution is 7.59. The van der Waals surface area contributed by atoms with E-state index in [1.165, 1.54) is 57.8 Å². The number of aliphatic hydroxyl groups excluding tert-OH is 1. The molecule has 0 spiro atoms. The maximum absolute atomic E-state index is 10.2. The molecule has 1 nitrogen and oxygen atoms in total. The summed E-state index contributed by atoms with van der Waals surface area (Å²) in [6.45, 7) is 12.6. The van der Waals surface area contributed by atoms with Crippen LogP contribution < -0.4 is 0 Å². The van der Waals surface area contributed by atoms with Crippen molar-refractivity contribution in [3.05, 3.63) is 11.6 Å². The molecule has 0 aromatic carbocycles. The highest BCUT2D eigenvalue weighted by Crippen LogP contribution is 2.67. The van der Waals surface area contributed by atoms with Crippen LogP contribution in [0.5, 0.6) is 0 Å². The third kappa shape index (κ3) is 4.11. The van der Waals surface area contributed by atoms with E-state index in [0.717, 1.165) is 48.3 Å². The van der Waals surface area contributed by atoms with Crippen LogP contribution in [0.2, 0.25) is 0 Å². The second-order valence-electron chi connectivity index (χ2n) is 12.2. The molecule has 0 radical (unpaired) electrons. The topological polar surface area (TPSA) is 20.2 Å². The summed E-state index contributed by atoms with van der Waals surface area (Å²) in [5, 5.41) is 10.2. The molecule has 0 heterocycles. The smallest absolute Gasteiger partial charge is 0.0577 e. The maximum Gasteiger partial charge on any atom is 0.0577 e. The molecule has 8 atom stereocenters. The minimum absolute atomic E-state index is 0. The van der Waals surface area contributed by atoms with Gasteiger partial charge in [-0.25, -0.2) is 0 Å². The van der Waals surface area contributed by atoms with Crippen molar-refractivity contribution in [2.75, 3.05) is 0 Å². The van der Waals surface area contributed by atoms with Gasteiger partial charge < -0.3 is 5.11 Å². The van der Waals surface area contributed by atoms with E-state index >= 15 is 0 Å². The van der Waals surface area contributed by atoms with Gasteiger partial charge in [-0.15, -0.1) is 0 Å². The van der Waals surface area contributed by atoms with Crippen LogP contribution in [-0.2, 0) is 0 Å². The Morgan fingerprint density at radius 2 is 1.76 bits per heavy atom. The molecule has 2 heteroatoms. The number of hydrogen-bond donors (Lipinski definition) is 1. The Labute approximate surface area is 188 Å². The Morgan fingerprint density at radius 3 is 2.48 bits per heavy atom. The Balaban J connectivity index is 0.00000240. The molecule has 3 saturated carbocycles. The monoisotopic (exact) mass is 420 g/mol. The van der Waals surface area contributed by atoms with E-state index in [-0.39, 0.29) is 19.6 Å². The highest BCUT2D eigenvalue weighted by Gasteiger charge is 2.59. The molecule has 168 valence electrons. The molecule has 0 aromatic heterocycles. The summed E-state index contributed by atoms with van der Waals surface area (Å²) in [5.74, 6) is 5.46. The van der Waals surface area contributed by atoms with Gasteiger partial charge in [0.1, 0.15) is 0 Å². The molecule has 29 heavy (non-hydrogen) atoms. The van der Waals surface area contributed by atoms with Gasteiger partial charge in [0.25, 0.3) is 0 Å². The van der Waals surface area contributed by atoms with Gasteiger partial charge in [-0.05, 0) is 97.7 Å². The number of rotatable bonds is 5. The summed E-state index contributed by atoms with van der Waals surface area (Å²) in [5.41, 5.74) is 2.60. The SMILES string of the molecule is CC(C)CCCC(C)[C@H]1CC[C@H]2[C@@H]3CC=C4C[C@@H](O)CC[C@]4(C)[C@H]3CC[C@]12C.S. The second-order valence-corrected chi connectivity index (χ2v) is 12.2. The van der Waals surface area contributed by atoms with Crippen molar-refractivity contribution in [3.8, 4) is 0 Å². The van der Waals surface area contributed by atoms with E-state index < -0.39 is 0 Å². The summed E-state index contributed by atoms with van der Waals surface area (Å²) in [7, 11) is 0. The first kappa shape index (κ1) is 23.7. The van der Waals surface area contributed by atoms with Crippen LogP contribution >= 0.6 is 13.5 Å². The lowest BCUT2D eigenvalue weighted by Gasteiger charge is -2.58. The van der Waals surface area contributed by atoms with Crippen LogP contribution in [0.15, 0.2) is 11.6 Å². The molecule has 4 aliphatic carbocycles. The molecule has 1 N–H and O–H groups in total. The Kier molecular flexibility index (Phi) is 7.27. The van der Waals surface area contributed by atoms with Crippen LogP contribution in [0.25, 0.3) is 0 Å². The molecule has 0 saturated heterocycles. The van der Waals surface area contributed by atoms with Crippen LogP contribution in [0, 0.1) is 46.3 Å². The van der Waals surface area contributed by atoms with Crippen LogP contribution in [0.1, 0.15) is 105 Å².